The van der Waals surface area contributed by atoms with Crippen molar-refractivity contribution in [3.63, 3.8) is 0 Å². The van der Waals surface area contributed by atoms with Gasteiger partial charge < -0.3 is 0 Å². The SMILES string of the molecule is Cc1ccc2c(-c3ccccc3)cncc2c1. The maximum atomic E-state index is 4.33. The van der Waals surface area contributed by atoms with Crippen molar-refractivity contribution in [3.05, 3.63) is 66.5 Å². The highest BCUT2D eigenvalue weighted by molar-refractivity contribution is 5.95. The van der Waals surface area contributed by atoms with E-state index in [1.54, 1.807) is 0 Å². The Kier molecular flexibility index (Phi) is 2.37. The fourth-order valence-electron chi connectivity index (χ4n) is 2.14. The van der Waals surface area contributed by atoms with E-state index >= 15 is 0 Å². The van der Waals surface area contributed by atoms with E-state index in [4.69, 9.17) is 0 Å². The Balaban J connectivity index is 2.31. The molecule has 0 spiro atoms. The lowest BCUT2D eigenvalue weighted by Crippen LogP contribution is -1.84. The molecule has 0 N–H and O–H groups in total. The highest BCUT2D eigenvalue weighted by atomic mass is 14.6. The van der Waals surface area contributed by atoms with E-state index in [1.807, 2.05) is 18.5 Å². The van der Waals surface area contributed by atoms with Crippen LogP contribution in [0.1, 0.15) is 5.56 Å². The first-order valence-electron chi connectivity index (χ1n) is 5.74. The zero-order valence-corrected chi connectivity index (χ0v) is 9.72. The molecule has 1 nitrogen and oxygen atoms in total. The summed E-state index contributed by atoms with van der Waals surface area (Å²) in [4.78, 5) is 4.33. The number of pyridine rings is 1. The fraction of sp³-hybridized carbons (Fsp3) is 0.0625. The van der Waals surface area contributed by atoms with E-state index in [-0.39, 0.29) is 0 Å². The number of benzene rings is 2. The molecule has 0 aliphatic rings. The minimum absolute atomic E-state index is 1.20. The number of rotatable bonds is 1. The van der Waals surface area contributed by atoms with Crippen molar-refractivity contribution >= 4 is 10.8 Å². The van der Waals surface area contributed by atoms with Gasteiger partial charge in [0.05, 0.1) is 0 Å². The van der Waals surface area contributed by atoms with Gasteiger partial charge in [-0.25, -0.2) is 0 Å². The smallest absolute Gasteiger partial charge is 0.0352 e. The van der Waals surface area contributed by atoms with Gasteiger partial charge in [-0.1, -0.05) is 48.0 Å². The summed E-state index contributed by atoms with van der Waals surface area (Å²) in [5.41, 5.74) is 3.68. The van der Waals surface area contributed by atoms with Gasteiger partial charge in [0.2, 0.25) is 0 Å². The van der Waals surface area contributed by atoms with Gasteiger partial charge in [-0.15, -0.1) is 0 Å². The minimum Gasteiger partial charge on any atom is -0.263 e. The molecule has 0 saturated heterocycles. The highest BCUT2D eigenvalue weighted by Gasteiger charge is 2.03. The van der Waals surface area contributed by atoms with Crippen LogP contribution in [0.5, 0.6) is 0 Å². The summed E-state index contributed by atoms with van der Waals surface area (Å²) < 4.78 is 0. The topological polar surface area (TPSA) is 12.9 Å². The van der Waals surface area contributed by atoms with Crippen LogP contribution in [0.15, 0.2) is 60.9 Å². The van der Waals surface area contributed by atoms with Crippen LogP contribution in [0.25, 0.3) is 21.9 Å². The molecule has 0 fully saturated rings. The monoisotopic (exact) mass is 219 g/mol. The zero-order valence-electron chi connectivity index (χ0n) is 9.72. The molecule has 0 bridgehead atoms. The fourth-order valence-corrected chi connectivity index (χ4v) is 2.14. The zero-order chi connectivity index (χ0) is 11.7. The average molecular weight is 219 g/mol. The van der Waals surface area contributed by atoms with Crippen LogP contribution in [-0.2, 0) is 0 Å². The average Bonchev–Trinajstić information content (AvgIpc) is 2.39. The van der Waals surface area contributed by atoms with E-state index in [1.165, 1.54) is 27.5 Å². The molecule has 2 aromatic carbocycles. The summed E-state index contributed by atoms with van der Waals surface area (Å²) in [6.45, 7) is 2.11. The molecule has 3 rings (SSSR count). The molecule has 3 aromatic rings. The third kappa shape index (κ3) is 1.80. The molecule has 0 radical (unpaired) electrons. The van der Waals surface area contributed by atoms with Gasteiger partial charge >= 0.3 is 0 Å². The number of aryl methyl sites for hydroxylation is 1. The predicted molar refractivity (Wildman–Crippen MR) is 71.9 cm³/mol. The first kappa shape index (κ1) is 10.0. The van der Waals surface area contributed by atoms with Crippen LogP contribution in [0.3, 0.4) is 0 Å². The van der Waals surface area contributed by atoms with Crippen molar-refractivity contribution < 1.29 is 0 Å². The highest BCUT2D eigenvalue weighted by Crippen LogP contribution is 2.27. The quantitative estimate of drug-likeness (QED) is 0.597. The second kappa shape index (κ2) is 4.02. The molecule has 0 saturated carbocycles. The molecule has 1 aromatic heterocycles. The third-order valence-corrected chi connectivity index (χ3v) is 3.00. The van der Waals surface area contributed by atoms with Gasteiger partial charge in [-0.2, -0.15) is 0 Å². The van der Waals surface area contributed by atoms with Crippen molar-refractivity contribution in [3.8, 4) is 11.1 Å². The predicted octanol–water partition coefficient (Wildman–Crippen LogP) is 4.21. The molecule has 0 amide bonds. The van der Waals surface area contributed by atoms with Crippen LogP contribution >= 0.6 is 0 Å². The Hall–Kier alpha value is -2.15. The Labute approximate surface area is 101 Å². The van der Waals surface area contributed by atoms with Crippen molar-refractivity contribution in [2.24, 2.45) is 0 Å². The van der Waals surface area contributed by atoms with Crippen LogP contribution in [0.2, 0.25) is 0 Å². The van der Waals surface area contributed by atoms with Crippen LogP contribution in [-0.4, -0.2) is 4.98 Å². The number of fused-ring (bicyclic) bond motifs is 1. The molecule has 1 heteroatoms. The van der Waals surface area contributed by atoms with Crippen LogP contribution in [0, 0.1) is 6.92 Å². The molecule has 1 heterocycles. The first-order valence-corrected chi connectivity index (χ1v) is 5.74. The lowest BCUT2D eigenvalue weighted by molar-refractivity contribution is 1.35. The van der Waals surface area contributed by atoms with Gasteiger partial charge in [-0.05, 0) is 23.9 Å². The molecular formula is C16H13N. The van der Waals surface area contributed by atoms with Crippen molar-refractivity contribution in [2.45, 2.75) is 6.92 Å². The number of hydrogen-bond acceptors (Lipinski definition) is 1. The van der Waals surface area contributed by atoms with E-state index in [0.717, 1.165) is 0 Å². The van der Waals surface area contributed by atoms with Gasteiger partial charge in [0, 0.05) is 23.3 Å². The Bertz CT molecular complexity index is 657. The molecule has 0 atom stereocenters. The lowest BCUT2D eigenvalue weighted by Gasteiger charge is -2.06. The standard InChI is InChI=1S/C16H13N/c1-12-7-8-15-14(9-12)10-17-11-16(15)13-5-3-2-4-6-13/h2-11H,1H3. The maximum Gasteiger partial charge on any atom is 0.0352 e. The minimum atomic E-state index is 1.20. The normalized spacial score (nSPS) is 10.6. The summed E-state index contributed by atoms with van der Waals surface area (Å²) in [5.74, 6) is 0. The van der Waals surface area contributed by atoms with Gasteiger partial charge in [0.15, 0.2) is 0 Å². The molecule has 0 aliphatic heterocycles. The second-order valence-electron chi connectivity index (χ2n) is 4.28. The second-order valence-corrected chi connectivity index (χ2v) is 4.28. The molecule has 0 aliphatic carbocycles. The summed E-state index contributed by atoms with van der Waals surface area (Å²) >= 11 is 0. The summed E-state index contributed by atoms with van der Waals surface area (Å²) in [6, 6.07) is 16.9. The van der Waals surface area contributed by atoms with E-state index < -0.39 is 0 Å². The first-order chi connectivity index (χ1) is 8.34. The Morgan fingerprint density at radius 3 is 2.53 bits per heavy atom. The Morgan fingerprint density at radius 1 is 0.882 bits per heavy atom. The van der Waals surface area contributed by atoms with Gasteiger partial charge in [0.1, 0.15) is 0 Å². The number of hydrogen-bond donors (Lipinski definition) is 0. The van der Waals surface area contributed by atoms with E-state index in [2.05, 4.69) is 54.4 Å². The van der Waals surface area contributed by atoms with E-state index in [9.17, 15) is 0 Å². The van der Waals surface area contributed by atoms with Gasteiger partial charge in [0.25, 0.3) is 0 Å². The van der Waals surface area contributed by atoms with Crippen LogP contribution in [0.4, 0.5) is 0 Å². The van der Waals surface area contributed by atoms with Crippen LogP contribution < -0.4 is 0 Å². The Morgan fingerprint density at radius 2 is 1.71 bits per heavy atom. The van der Waals surface area contributed by atoms with E-state index in [0.29, 0.717) is 0 Å². The maximum absolute atomic E-state index is 4.33. The summed E-state index contributed by atoms with van der Waals surface area (Å²) in [7, 11) is 0. The largest absolute Gasteiger partial charge is 0.263 e. The third-order valence-electron chi connectivity index (χ3n) is 3.00. The molecular weight excluding hydrogens is 206 g/mol. The summed E-state index contributed by atoms with van der Waals surface area (Å²) in [6.07, 6.45) is 3.86. The molecule has 17 heavy (non-hydrogen) atoms. The van der Waals surface area contributed by atoms with Crippen molar-refractivity contribution in [1.82, 2.24) is 4.98 Å². The number of aromatic nitrogens is 1. The molecule has 0 unspecified atom stereocenters. The van der Waals surface area contributed by atoms with Crippen molar-refractivity contribution in [2.75, 3.05) is 0 Å². The van der Waals surface area contributed by atoms with Crippen molar-refractivity contribution in [1.29, 1.82) is 0 Å². The number of nitrogens with zero attached hydrogens (tertiary/aromatic N) is 1. The molecule has 82 valence electrons. The summed E-state index contributed by atoms with van der Waals surface area (Å²) in [5, 5.41) is 2.46. The van der Waals surface area contributed by atoms with Gasteiger partial charge in [-0.3, -0.25) is 4.98 Å². The lowest BCUT2D eigenvalue weighted by atomic mass is 10.00.